The molecule has 1 aromatic rings. The second kappa shape index (κ2) is 8.20. The van der Waals surface area contributed by atoms with Crippen LogP contribution in [0, 0.1) is 17.2 Å². The highest BCUT2D eigenvalue weighted by molar-refractivity contribution is 5.74. The van der Waals surface area contributed by atoms with Crippen molar-refractivity contribution in [3.63, 3.8) is 0 Å². The summed E-state index contributed by atoms with van der Waals surface area (Å²) in [5, 5.41) is 23.6. The Morgan fingerprint density at radius 2 is 2.04 bits per heavy atom. The van der Waals surface area contributed by atoms with E-state index >= 15 is 0 Å². The lowest BCUT2D eigenvalue weighted by Crippen LogP contribution is -2.43. The smallest absolute Gasteiger partial charge is 0.315 e. The summed E-state index contributed by atoms with van der Waals surface area (Å²) in [5.74, 6) is -0.554. The van der Waals surface area contributed by atoms with Crippen LogP contribution in [0.15, 0.2) is 18.2 Å². The first-order valence-electron chi connectivity index (χ1n) is 7.87. The molecule has 1 saturated carbocycles. The van der Waals surface area contributed by atoms with Crippen molar-refractivity contribution in [1.29, 1.82) is 5.26 Å². The molecule has 1 aromatic carbocycles. The van der Waals surface area contributed by atoms with E-state index in [1.54, 1.807) is 18.2 Å². The number of hydrogen-bond donors (Lipinski definition) is 3. The molecule has 0 aliphatic heterocycles. The number of nitriles is 1. The number of nitrogens with zero attached hydrogens (tertiary/aromatic N) is 1. The number of carbonyl (C=O) groups excluding carboxylic acids is 1. The SMILES string of the molecule is COc1ccc(CNC(=O)NC2CCC(C(=O)O)CC2)cc1C#N. The largest absolute Gasteiger partial charge is 0.495 e. The van der Waals surface area contributed by atoms with Crippen LogP contribution in [-0.4, -0.2) is 30.3 Å². The Kier molecular flexibility index (Phi) is 6.01. The molecule has 0 atom stereocenters. The number of nitrogens with one attached hydrogen (secondary N) is 2. The van der Waals surface area contributed by atoms with Crippen LogP contribution >= 0.6 is 0 Å². The van der Waals surface area contributed by atoms with Gasteiger partial charge in [-0.15, -0.1) is 0 Å². The third-order valence-corrected chi connectivity index (χ3v) is 4.25. The first kappa shape index (κ1) is 17.6. The quantitative estimate of drug-likeness (QED) is 0.764. The zero-order chi connectivity index (χ0) is 17.5. The van der Waals surface area contributed by atoms with Crippen LogP contribution in [0.2, 0.25) is 0 Å². The average Bonchev–Trinajstić information content (AvgIpc) is 2.60. The third-order valence-electron chi connectivity index (χ3n) is 4.25. The number of benzene rings is 1. The van der Waals surface area contributed by atoms with Gasteiger partial charge >= 0.3 is 12.0 Å². The monoisotopic (exact) mass is 331 g/mol. The van der Waals surface area contributed by atoms with E-state index in [-0.39, 0.29) is 18.0 Å². The Balaban J connectivity index is 1.80. The molecule has 128 valence electrons. The number of carboxylic acids is 1. The van der Waals surface area contributed by atoms with Crippen LogP contribution in [-0.2, 0) is 11.3 Å². The molecule has 0 saturated heterocycles. The second-order valence-corrected chi connectivity index (χ2v) is 5.86. The summed E-state index contributed by atoms with van der Waals surface area (Å²) < 4.78 is 5.08. The maximum absolute atomic E-state index is 11.9. The van der Waals surface area contributed by atoms with Crippen LogP contribution in [0.1, 0.15) is 36.8 Å². The fraction of sp³-hybridized carbons (Fsp3) is 0.471. The molecule has 1 aliphatic rings. The maximum Gasteiger partial charge on any atom is 0.315 e. The normalized spacial score (nSPS) is 19.8. The van der Waals surface area contributed by atoms with E-state index in [1.165, 1.54) is 7.11 Å². The van der Waals surface area contributed by atoms with Gasteiger partial charge in [-0.25, -0.2) is 4.79 Å². The van der Waals surface area contributed by atoms with Crippen molar-refractivity contribution in [2.45, 2.75) is 38.3 Å². The zero-order valence-electron chi connectivity index (χ0n) is 13.5. The van der Waals surface area contributed by atoms with Crippen LogP contribution < -0.4 is 15.4 Å². The second-order valence-electron chi connectivity index (χ2n) is 5.86. The third kappa shape index (κ3) is 4.62. The lowest BCUT2D eigenvalue weighted by molar-refractivity contribution is -0.142. The molecule has 0 spiro atoms. The fourth-order valence-corrected chi connectivity index (χ4v) is 2.86. The van der Waals surface area contributed by atoms with E-state index in [0.29, 0.717) is 43.5 Å². The van der Waals surface area contributed by atoms with Crippen molar-refractivity contribution in [3.05, 3.63) is 29.3 Å². The standard InChI is InChI=1S/C17H21N3O4/c1-24-15-7-2-11(8-13(15)9-18)10-19-17(23)20-14-5-3-12(4-6-14)16(21)22/h2,7-8,12,14H,3-6,10H2,1H3,(H,21,22)(H2,19,20,23). The molecule has 1 aliphatic carbocycles. The molecule has 0 unspecified atom stereocenters. The highest BCUT2D eigenvalue weighted by atomic mass is 16.5. The Morgan fingerprint density at radius 1 is 1.33 bits per heavy atom. The molecule has 24 heavy (non-hydrogen) atoms. The molecule has 0 heterocycles. The molecule has 2 amide bonds. The van der Waals surface area contributed by atoms with Crippen molar-refractivity contribution in [2.75, 3.05) is 7.11 Å². The van der Waals surface area contributed by atoms with Crippen molar-refractivity contribution >= 4 is 12.0 Å². The van der Waals surface area contributed by atoms with Crippen molar-refractivity contribution < 1.29 is 19.4 Å². The minimum Gasteiger partial charge on any atom is -0.495 e. The van der Waals surface area contributed by atoms with Gasteiger partial charge in [0.1, 0.15) is 11.8 Å². The van der Waals surface area contributed by atoms with E-state index in [2.05, 4.69) is 16.7 Å². The van der Waals surface area contributed by atoms with E-state index in [4.69, 9.17) is 15.1 Å². The van der Waals surface area contributed by atoms with Crippen LogP contribution in [0.3, 0.4) is 0 Å². The fourth-order valence-electron chi connectivity index (χ4n) is 2.86. The molecule has 0 radical (unpaired) electrons. The number of aliphatic carboxylic acids is 1. The van der Waals surface area contributed by atoms with E-state index < -0.39 is 5.97 Å². The van der Waals surface area contributed by atoms with Gasteiger partial charge < -0.3 is 20.5 Å². The van der Waals surface area contributed by atoms with Gasteiger partial charge in [0.05, 0.1) is 18.6 Å². The van der Waals surface area contributed by atoms with Gasteiger partial charge in [-0.05, 0) is 43.4 Å². The number of carbonyl (C=O) groups is 2. The van der Waals surface area contributed by atoms with Gasteiger partial charge in [0, 0.05) is 12.6 Å². The molecule has 2 rings (SSSR count). The Bertz CT molecular complexity index is 646. The number of urea groups is 1. The number of rotatable bonds is 5. The molecule has 7 nitrogen and oxygen atoms in total. The Hall–Kier alpha value is -2.75. The molecule has 1 fully saturated rings. The zero-order valence-corrected chi connectivity index (χ0v) is 13.5. The Morgan fingerprint density at radius 3 is 2.62 bits per heavy atom. The highest BCUT2D eigenvalue weighted by Crippen LogP contribution is 2.24. The molecule has 0 aromatic heterocycles. The Labute approximate surface area is 140 Å². The van der Waals surface area contributed by atoms with Gasteiger partial charge in [-0.1, -0.05) is 6.07 Å². The van der Waals surface area contributed by atoms with E-state index in [9.17, 15) is 9.59 Å². The average molecular weight is 331 g/mol. The maximum atomic E-state index is 11.9. The molecule has 3 N–H and O–H groups in total. The predicted molar refractivity (Wildman–Crippen MR) is 86.5 cm³/mol. The summed E-state index contributed by atoms with van der Waals surface area (Å²) >= 11 is 0. The summed E-state index contributed by atoms with van der Waals surface area (Å²) in [6.45, 7) is 0.301. The number of ether oxygens (including phenoxy) is 1. The lowest BCUT2D eigenvalue weighted by Gasteiger charge is -2.26. The van der Waals surface area contributed by atoms with Crippen LogP contribution in [0.5, 0.6) is 5.75 Å². The highest BCUT2D eigenvalue weighted by Gasteiger charge is 2.26. The number of hydrogen-bond acceptors (Lipinski definition) is 4. The van der Waals surface area contributed by atoms with E-state index in [1.807, 2.05) is 0 Å². The van der Waals surface area contributed by atoms with Crippen LogP contribution in [0.25, 0.3) is 0 Å². The molecule has 7 heteroatoms. The van der Waals surface area contributed by atoms with Gasteiger partial charge in [0.2, 0.25) is 0 Å². The van der Waals surface area contributed by atoms with Gasteiger partial charge in [-0.3, -0.25) is 4.79 Å². The number of methoxy groups -OCH3 is 1. The minimum atomic E-state index is -0.759. The van der Waals surface area contributed by atoms with Gasteiger partial charge in [0.25, 0.3) is 0 Å². The van der Waals surface area contributed by atoms with E-state index in [0.717, 1.165) is 5.56 Å². The lowest BCUT2D eigenvalue weighted by atomic mass is 9.86. The summed E-state index contributed by atoms with van der Waals surface area (Å²) in [6, 6.07) is 6.93. The topological polar surface area (TPSA) is 111 Å². The van der Waals surface area contributed by atoms with Crippen molar-refractivity contribution in [3.8, 4) is 11.8 Å². The van der Waals surface area contributed by atoms with Crippen molar-refractivity contribution in [2.24, 2.45) is 5.92 Å². The first-order valence-corrected chi connectivity index (χ1v) is 7.87. The van der Waals surface area contributed by atoms with Gasteiger partial charge in [-0.2, -0.15) is 5.26 Å². The summed E-state index contributed by atoms with van der Waals surface area (Å²) in [4.78, 5) is 22.9. The minimum absolute atomic E-state index is 0.00568. The van der Waals surface area contributed by atoms with Crippen LogP contribution in [0.4, 0.5) is 4.79 Å². The summed E-state index contributed by atoms with van der Waals surface area (Å²) in [7, 11) is 1.50. The predicted octanol–water partition coefficient (Wildman–Crippen LogP) is 2.01. The molecule has 0 bridgehead atoms. The number of amides is 2. The van der Waals surface area contributed by atoms with Gasteiger partial charge in [0.15, 0.2) is 0 Å². The molecular formula is C17H21N3O4. The number of carboxylic acid groups (broad SMARTS) is 1. The molecular weight excluding hydrogens is 310 g/mol. The summed E-state index contributed by atoms with van der Waals surface area (Å²) in [5.41, 5.74) is 1.22. The summed E-state index contributed by atoms with van der Waals surface area (Å²) in [6.07, 6.45) is 2.52. The van der Waals surface area contributed by atoms with Crippen molar-refractivity contribution in [1.82, 2.24) is 10.6 Å². The first-order chi connectivity index (χ1) is 11.5.